The first-order valence-electron chi connectivity index (χ1n) is 7.64. The van der Waals surface area contributed by atoms with Crippen molar-refractivity contribution < 1.29 is 26.3 Å². The predicted molar refractivity (Wildman–Crippen MR) is 86.7 cm³/mol. The summed E-state index contributed by atoms with van der Waals surface area (Å²) in [5.74, 6) is 0. The molecule has 0 amide bonds. The van der Waals surface area contributed by atoms with Crippen molar-refractivity contribution in [1.82, 2.24) is 4.98 Å². The Hall–Kier alpha value is -2.57. The number of aryl methyl sites for hydroxylation is 2. The van der Waals surface area contributed by atoms with Crippen molar-refractivity contribution in [2.45, 2.75) is 26.2 Å². The molecule has 0 aliphatic heterocycles. The highest BCUT2D eigenvalue weighted by Gasteiger charge is 2.37. The number of halogens is 6. The monoisotopic (exact) mass is 369 g/mol. The van der Waals surface area contributed by atoms with Gasteiger partial charge in [0.15, 0.2) is 0 Å². The van der Waals surface area contributed by atoms with Crippen LogP contribution in [0, 0.1) is 13.8 Å². The van der Waals surface area contributed by atoms with Crippen LogP contribution in [0.3, 0.4) is 0 Å². The molecule has 0 aliphatic carbocycles. The number of pyridine rings is 1. The molecule has 0 saturated carbocycles. The van der Waals surface area contributed by atoms with E-state index in [1.54, 1.807) is 25.1 Å². The third-order valence-electron chi connectivity index (χ3n) is 4.25. The molecule has 7 heteroatoms. The smallest absolute Gasteiger partial charge is 0.243 e. The second-order valence-electron chi connectivity index (χ2n) is 6.05. The molecule has 0 N–H and O–H groups in total. The molecule has 26 heavy (non-hydrogen) atoms. The zero-order valence-electron chi connectivity index (χ0n) is 13.8. The van der Waals surface area contributed by atoms with Crippen molar-refractivity contribution in [1.29, 1.82) is 0 Å². The van der Waals surface area contributed by atoms with E-state index < -0.39 is 29.1 Å². The number of hydrogen-bond donors (Lipinski definition) is 0. The summed E-state index contributed by atoms with van der Waals surface area (Å²) in [6.07, 6.45) is -9.67. The van der Waals surface area contributed by atoms with Gasteiger partial charge in [0.1, 0.15) is 5.69 Å². The zero-order chi connectivity index (χ0) is 19.3. The molecule has 0 spiro atoms. The van der Waals surface area contributed by atoms with Crippen LogP contribution < -0.4 is 0 Å². The number of aromatic nitrogens is 1. The molecule has 3 aromatic rings. The van der Waals surface area contributed by atoms with E-state index in [1.165, 1.54) is 12.1 Å². The molecule has 0 saturated heterocycles. The minimum Gasteiger partial charge on any atom is -0.243 e. The van der Waals surface area contributed by atoms with Gasteiger partial charge < -0.3 is 0 Å². The van der Waals surface area contributed by atoms with E-state index in [2.05, 4.69) is 4.98 Å². The molecule has 0 unspecified atom stereocenters. The lowest BCUT2D eigenvalue weighted by Gasteiger charge is -2.16. The first-order chi connectivity index (χ1) is 12.0. The van der Waals surface area contributed by atoms with Crippen molar-refractivity contribution in [2.24, 2.45) is 0 Å². The summed E-state index contributed by atoms with van der Waals surface area (Å²) in [7, 11) is 0. The summed E-state index contributed by atoms with van der Waals surface area (Å²) in [5.41, 5.74) is -1.02. The minimum absolute atomic E-state index is 0.0241. The first-order valence-corrected chi connectivity index (χ1v) is 7.64. The number of benzene rings is 2. The van der Waals surface area contributed by atoms with Crippen LogP contribution in [-0.4, -0.2) is 4.98 Å². The number of alkyl halides is 6. The van der Waals surface area contributed by atoms with Crippen molar-refractivity contribution in [3.63, 3.8) is 0 Å². The van der Waals surface area contributed by atoms with Crippen molar-refractivity contribution in [3.05, 3.63) is 64.8 Å². The molecule has 0 radical (unpaired) electrons. The Labute approximate surface area is 145 Å². The standard InChI is InChI=1S/C19H13F6N/c1-10-6-7-12(8-11(10)2)14-9-16(19(23,24)25)26-17-13(14)4-3-5-15(17)18(20,21)22/h3-9H,1-2H3. The van der Waals surface area contributed by atoms with Gasteiger partial charge in [0.2, 0.25) is 0 Å². The van der Waals surface area contributed by atoms with Crippen LogP contribution in [0.5, 0.6) is 0 Å². The lowest BCUT2D eigenvalue weighted by molar-refractivity contribution is -0.142. The fourth-order valence-electron chi connectivity index (χ4n) is 2.77. The normalized spacial score (nSPS) is 12.6. The van der Waals surface area contributed by atoms with Crippen LogP contribution in [0.1, 0.15) is 22.4 Å². The van der Waals surface area contributed by atoms with Crippen LogP contribution in [0.2, 0.25) is 0 Å². The Morgan fingerprint density at radius 3 is 2.04 bits per heavy atom. The molecule has 136 valence electrons. The fraction of sp³-hybridized carbons (Fsp3) is 0.211. The van der Waals surface area contributed by atoms with Gasteiger partial charge in [-0.05, 0) is 48.2 Å². The summed E-state index contributed by atoms with van der Waals surface area (Å²) < 4.78 is 79.5. The van der Waals surface area contributed by atoms with Gasteiger partial charge in [-0.15, -0.1) is 0 Å². The number of hydrogen-bond acceptors (Lipinski definition) is 1. The van der Waals surface area contributed by atoms with E-state index in [-0.39, 0.29) is 10.9 Å². The van der Waals surface area contributed by atoms with Crippen molar-refractivity contribution in [2.75, 3.05) is 0 Å². The topological polar surface area (TPSA) is 12.9 Å². The van der Waals surface area contributed by atoms with Gasteiger partial charge in [-0.1, -0.05) is 30.3 Å². The highest BCUT2D eigenvalue weighted by Crippen LogP contribution is 2.40. The maximum absolute atomic E-state index is 13.3. The molecule has 1 heterocycles. The Morgan fingerprint density at radius 2 is 1.46 bits per heavy atom. The van der Waals surface area contributed by atoms with Crippen LogP contribution >= 0.6 is 0 Å². The van der Waals surface area contributed by atoms with Gasteiger partial charge in [-0.2, -0.15) is 26.3 Å². The minimum atomic E-state index is -4.86. The molecular formula is C19H13F6N. The molecule has 0 bridgehead atoms. The van der Waals surface area contributed by atoms with Crippen LogP contribution in [0.25, 0.3) is 22.0 Å². The first kappa shape index (κ1) is 18.2. The average Bonchev–Trinajstić information content (AvgIpc) is 2.54. The van der Waals surface area contributed by atoms with E-state index in [0.717, 1.165) is 23.3 Å². The molecule has 2 aromatic carbocycles. The molecule has 0 aliphatic rings. The Kier molecular flexibility index (Phi) is 4.21. The van der Waals surface area contributed by atoms with Crippen LogP contribution in [0.15, 0.2) is 42.5 Å². The molecule has 1 nitrogen and oxygen atoms in total. The highest BCUT2D eigenvalue weighted by molar-refractivity contribution is 5.96. The third-order valence-corrected chi connectivity index (χ3v) is 4.25. The molecule has 0 fully saturated rings. The quantitative estimate of drug-likeness (QED) is 0.443. The third kappa shape index (κ3) is 3.25. The molecule has 0 atom stereocenters. The second-order valence-corrected chi connectivity index (χ2v) is 6.05. The highest BCUT2D eigenvalue weighted by atomic mass is 19.4. The number of fused-ring (bicyclic) bond motifs is 1. The maximum atomic E-state index is 13.3. The van der Waals surface area contributed by atoms with Crippen LogP contribution in [-0.2, 0) is 12.4 Å². The summed E-state index contributed by atoms with van der Waals surface area (Å²) in [6, 6.07) is 9.03. The average molecular weight is 369 g/mol. The van der Waals surface area contributed by atoms with Gasteiger partial charge in [0.25, 0.3) is 0 Å². The summed E-state index contributed by atoms with van der Waals surface area (Å²) >= 11 is 0. The SMILES string of the molecule is Cc1ccc(-c2cc(C(F)(F)F)nc3c(C(F)(F)F)cccc23)cc1C. The number of rotatable bonds is 1. The second kappa shape index (κ2) is 6.00. The predicted octanol–water partition coefficient (Wildman–Crippen LogP) is 6.56. The maximum Gasteiger partial charge on any atom is 0.433 e. The Balaban J connectivity index is 2.43. The largest absolute Gasteiger partial charge is 0.433 e. The van der Waals surface area contributed by atoms with Gasteiger partial charge in [-0.3, -0.25) is 0 Å². The van der Waals surface area contributed by atoms with E-state index in [1.807, 2.05) is 6.92 Å². The van der Waals surface area contributed by atoms with Gasteiger partial charge in [0, 0.05) is 5.39 Å². The van der Waals surface area contributed by atoms with Gasteiger partial charge in [0.05, 0.1) is 11.1 Å². The summed E-state index contributed by atoms with van der Waals surface area (Å²) in [6.45, 7) is 3.63. The lowest BCUT2D eigenvalue weighted by atomic mass is 9.95. The summed E-state index contributed by atoms with van der Waals surface area (Å²) in [5, 5.41) is 0.0241. The Morgan fingerprint density at radius 1 is 0.769 bits per heavy atom. The number of para-hydroxylation sites is 1. The Bertz CT molecular complexity index is 986. The lowest BCUT2D eigenvalue weighted by Crippen LogP contribution is -2.12. The van der Waals surface area contributed by atoms with E-state index in [0.29, 0.717) is 5.56 Å². The van der Waals surface area contributed by atoms with E-state index in [9.17, 15) is 26.3 Å². The van der Waals surface area contributed by atoms with Crippen molar-refractivity contribution >= 4 is 10.9 Å². The fourth-order valence-corrected chi connectivity index (χ4v) is 2.77. The van der Waals surface area contributed by atoms with E-state index >= 15 is 0 Å². The molecule has 1 aromatic heterocycles. The number of nitrogens with zero attached hydrogens (tertiary/aromatic N) is 1. The molecular weight excluding hydrogens is 356 g/mol. The van der Waals surface area contributed by atoms with E-state index in [4.69, 9.17) is 0 Å². The summed E-state index contributed by atoms with van der Waals surface area (Å²) in [4.78, 5) is 3.29. The molecule has 3 rings (SSSR count). The van der Waals surface area contributed by atoms with Crippen LogP contribution in [0.4, 0.5) is 26.3 Å². The zero-order valence-corrected chi connectivity index (χ0v) is 13.8. The van der Waals surface area contributed by atoms with Gasteiger partial charge >= 0.3 is 12.4 Å². The van der Waals surface area contributed by atoms with Gasteiger partial charge in [-0.25, -0.2) is 4.98 Å². The van der Waals surface area contributed by atoms with Crippen molar-refractivity contribution in [3.8, 4) is 11.1 Å².